The quantitative estimate of drug-likeness (QED) is 0.782. The van der Waals surface area contributed by atoms with Crippen molar-refractivity contribution in [2.45, 2.75) is 52.5 Å². The van der Waals surface area contributed by atoms with Crippen molar-refractivity contribution < 1.29 is 9.90 Å². The van der Waals surface area contributed by atoms with Crippen molar-refractivity contribution in [3.63, 3.8) is 0 Å². The molecule has 118 valence electrons. The van der Waals surface area contributed by atoms with E-state index >= 15 is 0 Å². The van der Waals surface area contributed by atoms with Gasteiger partial charge in [0, 0.05) is 5.38 Å². The van der Waals surface area contributed by atoms with E-state index in [4.69, 9.17) is 0 Å². The van der Waals surface area contributed by atoms with Crippen molar-refractivity contribution >= 4 is 22.5 Å². The minimum atomic E-state index is -0.532. The van der Waals surface area contributed by atoms with Gasteiger partial charge in [0.15, 0.2) is 5.13 Å². The standard InChI is InChI=1S/C15H25N3O2S/c1-14(2,3)7-11-8-21-13(16-11)17-12(20)18-15(4,9-19)10-5-6-10/h8,10,19H,5-7,9H2,1-4H3,(H2,16,17,18,20). The summed E-state index contributed by atoms with van der Waals surface area (Å²) in [5.74, 6) is 0.376. The number of anilines is 1. The Morgan fingerprint density at radius 3 is 2.62 bits per heavy atom. The number of aromatic nitrogens is 1. The van der Waals surface area contributed by atoms with Crippen molar-refractivity contribution in [3.05, 3.63) is 11.1 Å². The lowest BCUT2D eigenvalue weighted by atomic mass is 9.91. The van der Waals surface area contributed by atoms with Crippen molar-refractivity contribution in [2.75, 3.05) is 11.9 Å². The van der Waals surface area contributed by atoms with Crippen LogP contribution in [-0.4, -0.2) is 28.3 Å². The Labute approximate surface area is 130 Å². The van der Waals surface area contributed by atoms with Crippen LogP contribution < -0.4 is 10.6 Å². The Kier molecular flexibility index (Phi) is 4.58. The average Bonchev–Trinajstić information content (AvgIpc) is 3.12. The van der Waals surface area contributed by atoms with E-state index in [0.717, 1.165) is 25.0 Å². The maximum absolute atomic E-state index is 12.0. The van der Waals surface area contributed by atoms with Crippen LogP contribution in [0.25, 0.3) is 0 Å². The molecule has 0 spiro atoms. The van der Waals surface area contributed by atoms with Crippen LogP contribution in [0.4, 0.5) is 9.93 Å². The third-order valence-electron chi connectivity index (χ3n) is 3.69. The molecule has 1 aliphatic carbocycles. The van der Waals surface area contributed by atoms with Crippen LogP contribution in [-0.2, 0) is 6.42 Å². The zero-order valence-corrected chi connectivity index (χ0v) is 14.0. The van der Waals surface area contributed by atoms with Crippen LogP contribution >= 0.6 is 11.3 Å². The second-order valence-electron chi connectivity index (χ2n) is 7.31. The van der Waals surface area contributed by atoms with Crippen LogP contribution in [0.3, 0.4) is 0 Å². The molecule has 1 unspecified atom stereocenters. The SMILES string of the molecule is CC(C)(C)Cc1csc(NC(=O)NC(C)(CO)C2CC2)n1. The third-order valence-corrected chi connectivity index (χ3v) is 4.50. The fraction of sp³-hybridized carbons (Fsp3) is 0.733. The van der Waals surface area contributed by atoms with Crippen molar-refractivity contribution in [3.8, 4) is 0 Å². The lowest BCUT2D eigenvalue weighted by Crippen LogP contribution is -2.52. The molecule has 5 nitrogen and oxygen atoms in total. The molecule has 2 rings (SSSR count). The minimum absolute atomic E-state index is 0.0434. The molecule has 2 amide bonds. The van der Waals surface area contributed by atoms with E-state index < -0.39 is 5.54 Å². The van der Waals surface area contributed by atoms with Gasteiger partial charge < -0.3 is 10.4 Å². The van der Waals surface area contributed by atoms with Crippen LogP contribution in [0.15, 0.2) is 5.38 Å². The Hall–Kier alpha value is -1.14. The predicted molar refractivity (Wildman–Crippen MR) is 85.6 cm³/mol. The molecule has 0 aliphatic heterocycles. The zero-order valence-electron chi connectivity index (χ0n) is 13.2. The number of carbonyl (C=O) groups is 1. The largest absolute Gasteiger partial charge is 0.394 e. The molecule has 0 radical (unpaired) electrons. The van der Waals surface area contributed by atoms with E-state index in [0.29, 0.717) is 11.0 Å². The summed E-state index contributed by atoms with van der Waals surface area (Å²) in [7, 11) is 0. The van der Waals surface area contributed by atoms with E-state index in [1.165, 1.54) is 11.3 Å². The van der Waals surface area contributed by atoms with Gasteiger partial charge in [-0.05, 0) is 37.5 Å². The summed E-state index contributed by atoms with van der Waals surface area (Å²) >= 11 is 1.43. The molecule has 1 fully saturated rings. The molecule has 6 heteroatoms. The summed E-state index contributed by atoms with van der Waals surface area (Å²) in [4.78, 5) is 16.5. The highest BCUT2D eigenvalue weighted by atomic mass is 32.1. The smallest absolute Gasteiger partial charge is 0.321 e. The molecule has 0 bridgehead atoms. The van der Waals surface area contributed by atoms with Crippen molar-refractivity contribution in [1.82, 2.24) is 10.3 Å². The second-order valence-corrected chi connectivity index (χ2v) is 8.17. The lowest BCUT2D eigenvalue weighted by molar-refractivity contribution is 0.159. The van der Waals surface area contributed by atoms with Crippen LogP contribution in [0.2, 0.25) is 0 Å². The van der Waals surface area contributed by atoms with Gasteiger partial charge in [0.25, 0.3) is 0 Å². The van der Waals surface area contributed by atoms with Gasteiger partial charge in [-0.2, -0.15) is 0 Å². The van der Waals surface area contributed by atoms with Crippen molar-refractivity contribution in [1.29, 1.82) is 0 Å². The number of hydrogen-bond acceptors (Lipinski definition) is 4. The zero-order chi connectivity index (χ0) is 15.7. The summed E-state index contributed by atoms with van der Waals surface area (Å²) in [6.45, 7) is 8.33. The van der Waals surface area contributed by atoms with Gasteiger partial charge in [-0.3, -0.25) is 5.32 Å². The van der Waals surface area contributed by atoms with Crippen LogP contribution in [0.5, 0.6) is 0 Å². The fourth-order valence-electron chi connectivity index (χ4n) is 2.37. The lowest BCUT2D eigenvalue weighted by Gasteiger charge is -2.28. The molecular formula is C15H25N3O2S. The number of aliphatic hydroxyl groups excluding tert-OH is 1. The fourth-order valence-corrected chi connectivity index (χ4v) is 3.07. The van der Waals surface area contributed by atoms with Gasteiger partial charge in [-0.1, -0.05) is 20.8 Å². The van der Waals surface area contributed by atoms with Gasteiger partial charge in [-0.25, -0.2) is 9.78 Å². The number of urea groups is 1. The summed E-state index contributed by atoms with van der Waals surface area (Å²) in [5.41, 5.74) is 0.639. The third kappa shape index (κ3) is 4.68. The molecule has 0 aromatic carbocycles. The summed E-state index contributed by atoms with van der Waals surface area (Å²) < 4.78 is 0. The van der Waals surface area contributed by atoms with Crippen LogP contribution in [0, 0.1) is 11.3 Å². The number of thiazole rings is 1. The minimum Gasteiger partial charge on any atom is -0.394 e. The summed E-state index contributed by atoms with van der Waals surface area (Å²) in [5, 5.41) is 17.7. The van der Waals surface area contributed by atoms with E-state index in [9.17, 15) is 9.90 Å². The van der Waals surface area contributed by atoms with Crippen molar-refractivity contribution in [2.24, 2.45) is 11.3 Å². The maximum Gasteiger partial charge on any atom is 0.321 e. The molecule has 1 aromatic heterocycles. The highest BCUT2D eigenvalue weighted by Gasteiger charge is 2.42. The molecule has 0 saturated heterocycles. The first-order valence-corrected chi connectivity index (χ1v) is 8.24. The Bertz CT molecular complexity index is 505. The Balaban J connectivity index is 1.91. The number of nitrogens with one attached hydrogen (secondary N) is 2. The summed E-state index contributed by atoms with van der Waals surface area (Å²) in [6, 6.07) is -0.296. The second kappa shape index (κ2) is 5.93. The van der Waals surface area contributed by atoms with E-state index in [1.54, 1.807) is 0 Å². The van der Waals surface area contributed by atoms with Gasteiger partial charge >= 0.3 is 6.03 Å². The van der Waals surface area contributed by atoms with E-state index in [1.807, 2.05) is 12.3 Å². The summed E-state index contributed by atoms with van der Waals surface area (Å²) in [6.07, 6.45) is 3.00. The van der Waals surface area contributed by atoms with Crippen LogP contribution in [0.1, 0.15) is 46.2 Å². The number of amides is 2. The number of hydrogen-bond donors (Lipinski definition) is 3. The molecule has 1 saturated carbocycles. The normalized spacial score (nSPS) is 18.1. The molecule has 1 aromatic rings. The monoisotopic (exact) mass is 311 g/mol. The molecule has 1 heterocycles. The van der Waals surface area contributed by atoms with Gasteiger partial charge in [0.05, 0.1) is 17.8 Å². The molecule has 1 atom stereocenters. The number of rotatable bonds is 5. The Morgan fingerprint density at radius 2 is 2.10 bits per heavy atom. The topological polar surface area (TPSA) is 74.2 Å². The van der Waals surface area contributed by atoms with E-state index in [2.05, 4.69) is 36.4 Å². The van der Waals surface area contributed by atoms with Gasteiger partial charge in [-0.15, -0.1) is 11.3 Å². The first-order chi connectivity index (χ1) is 9.72. The highest BCUT2D eigenvalue weighted by molar-refractivity contribution is 7.13. The Morgan fingerprint density at radius 1 is 1.43 bits per heavy atom. The molecular weight excluding hydrogens is 286 g/mol. The molecule has 1 aliphatic rings. The number of carbonyl (C=O) groups excluding carboxylic acids is 1. The molecule has 21 heavy (non-hydrogen) atoms. The number of nitrogens with zero attached hydrogens (tertiary/aromatic N) is 1. The first kappa shape index (κ1) is 16.2. The van der Waals surface area contributed by atoms with Gasteiger partial charge in [0.2, 0.25) is 0 Å². The maximum atomic E-state index is 12.0. The number of aliphatic hydroxyl groups is 1. The molecule has 3 N–H and O–H groups in total. The first-order valence-electron chi connectivity index (χ1n) is 7.36. The highest BCUT2D eigenvalue weighted by Crippen LogP contribution is 2.39. The van der Waals surface area contributed by atoms with E-state index in [-0.39, 0.29) is 18.1 Å². The van der Waals surface area contributed by atoms with Gasteiger partial charge in [0.1, 0.15) is 0 Å². The average molecular weight is 311 g/mol. The predicted octanol–water partition coefficient (Wildman–Crippen LogP) is 3.01.